The Labute approximate surface area is 151 Å². The molecule has 0 amide bonds. The molecule has 1 aromatic carbocycles. The maximum atomic E-state index is 5.95. The number of morpholine rings is 1. The van der Waals surface area contributed by atoms with Gasteiger partial charge in [-0.25, -0.2) is 0 Å². The van der Waals surface area contributed by atoms with Crippen molar-refractivity contribution >= 4 is 5.96 Å². The summed E-state index contributed by atoms with van der Waals surface area (Å²) >= 11 is 0. The molecule has 2 aliphatic heterocycles. The van der Waals surface area contributed by atoms with Crippen molar-refractivity contribution in [1.29, 1.82) is 0 Å². The van der Waals surface area contributed by atoms with Crippen LogP contribution >= 0.6 is 0 Å². The smallest absolute Gasteiger partial charge is 0.194 e. The molecule has 2 unspecified atom stereocenters. The molecule has 5 nitrogen and oxygen atoms in total. The van der Waals surface area contributed by atoms with Crippen molar-refractivity contribution < 1.29 is 9.47 Å². The Hall–Kier alpha value is -1.59. The molecule has 0 aliphatic carbocycles. The maximum absolute atomic E-state index is 5.95. The lowest BCUT2D eigenvalue weighted by Gasteiger charge is -2.37. The molecule has 0 bridgehead atoms. The van der Waals surface area contributed by atoms with Gasteiger partial charge in [-0.2, -0.15) is 0 Å². The third kappa shape index (κ3) is 4.33. The van der Waals surface area contributed by atoms with Crippen LogP contribution in [0.2, 0.25) is 0 Å². The molecule has 2 aliphatic rings. The van der Waals surface area contributed by atoms with Gasteiger partial charge < -0.3 is 19.7 Å². The molecule has 2 heterocycles. The van der Waals surface area contributed by atoms with Gasteiger partial charge in [-0.1, -0.05) is 17.7 Å². The van der Waals surface area contributed by atoms with Gasteiger partial charge in [0.2, 0.25) is 0 Å². The Morgan fingerprint density at radius 1 is 1.16 bits per heavy atom. The highest BCUT2D eigenvalue weighted by atomic mass is 16.5. The second-order valence-corrected chi connectivity index (χ2v) is 7.18. The van der Waals surface area contributed by atoms with Crippen molar-refractivity contribution in [3.8, 4) is 0 Å². The number of hydrogen-bond acceptors (Lipinski definition) is 3. The summed E-state index contributed by atoms with van der Waals surface area (Å²) in [7, 11) is 1.85. The summed E-state index contributed by atoms with van der Waals surface area (Å²) in [5, 5.41) is 3.55. The van der Waals surface area contributed by atoms with Gasteiger partial charge in [0.15, 0.2) is 5.96 Å². The van der Waals surface area contributed by atoms with Crippen molar-refractivity contribution in [2.24, 2.45) is 4.99 Å². The van der Waals surface area contributed by atoms with Gasteiger partial charge in [0, 0.05) is 33.3 Å². The Balaban J connectivity index is 1.62. The zero-order valence-electron chi connectivity index (χ0n) is 16.0. The fourth-order valence-corrected chi connectivity index (χ4v) is 3.98. The van der Waals surface area contributed by atoms with Crippen molar-refractivity contribution in [1.82, 2.24) is 10.2 Å². The SMILES string of the molecule is CN=C(NCc1c(C)cc(C)cc1C)N1CCOC(C2CCCO2)C1. The van der Waals surface area contributed by atoms with Crippen LogP contribution in [0.5, 0.6) is 0 Å². The largest absolute Gasteiger partial charge is 0.375 e. The fourth-order valence-electron chi connectivity index (χ4n) is 3.98. The molecule has 2 fully saturated rings. The fraction of sp³-hybridized carbons (Fsp3) is 0.650. The first kappa shape index (κ1) is 18.2. The second kappa shape index (κ2) is 8.19. The first-order valence-corrected chi connectivity index (χ1v) is 9.34. The molecular formula is C20H31N3O2. The molecule has 1 aromatic rings. The maximum Gasteiger partial charge on any atom is 0.194 e. The van der Waals surface area contributed by atoms with Gasteiger partial charge in [-0.15, -0.1) is 0 Å². The van der Waals surface area contributed by atoms with Crippen LogP contribution < -0.4 is 5.32 Å². The predicted octanol–water partition coefficient (Wildman–Crippen LogP) is 2.57. The summed E-state index contributed by atoms with van der Waals surface area (Å²) in [4.78, 5) is 6.80. The summed E-state index contributed by atoms with van der Waals surface area (Å²) in [6.45, 7) is 10.6. The van der Waals surface area contributed by atoms with Crippen LogP contribution in [0, 0.1) is 20.8 Å². The summed E-state index contributed by atoms with van der Waals surface area (Å²) in [5.74, 6) is 0.950. The van der Waals surface area contributed by atoms with Crippen molar-refractivity contribution in [2.45, 2.75) is 52.4 Å². The van der Waals surface area contributed by atoms with E-state index in [0.29, 0.717) is 0 Å². The lowest BCUT2D eigenvalue weighted by Crippen LogP contribution is -2.53. The summed E-state index contributed by atoms with van der Waals surface area (Å²) in [6, 6.07) is 4.49. The molecule has 3 rings (SSSR count). The van der Waals surface area contributed by atoms with Crippen LogP contribution in [0.3, 0.4) is 0 Å². The Kier molecular flexibility index (Phi) is 5.97. The van der Waals surface area contributed by atoms with Gasteiger partial charge in [0.25, 0.3) is 0 Å². The van der Waals surface area contributed by atoms with E-state index < -0.39 is 0 Å². The highest BCUT2D eigenvalue weighted by Gasteiger charge is 2.32. The van der Waals surface area contributed by atoms with Crippen LogP contribution in [-0.4, -0.2) is 56.4 Å². The van der Waals surface area contributed by atoms with E-state index in [-0.39, 0.29) is 12.2 Å². The normalized spacial score (nSPS) is 24.6. The number of hydrogen-bond donors (Lipinski definition) is 1. The van der Waals surface area contributed by atoms with E-state index in [1.807, 2.05) is 7.05 Å². The summed E-state index contributed by atoms with van der Waals surface area (Å²) < 4.78 is 11.8. The van der Waals surface area contributed by atoms with Gasteiger partial charge >= 0.3 is 0 Å². The number of aliphatic imine (C=N–C) groups is 1. The minimum Gasteiger partial charge on any atom is -0.375 e. The van der Waals surface area contributed by atoms with E-state index in [9.17, 15) is 0 Å². The van der Waals surface area contributed by atoms with Gasteiger partial charge in [-0.05, 0) is 50.3 Å². The van der Waals surface area contributed by atoms with Gasteiger partial charge in [0.05, 0.1) is 12.7 Å². The van der Waals surface area contributed by atoms with Gasteiger partial charge in [0.1, 0.15) is 6.10 Å². The first-order valence-electron chi connectivity index (χ1n) is 9.34. The molecule has 0 spiro atoms. The third-order valence-corrected chi connectivity index (χ3v) is 5.25. The number of nitrogens with one attached hydrogen (secondary N) is 1. The lowest BCUT2D eigenvalue weighted by molar-refractivity contribution is -0.0817. The zero-order valence-corrected chi connectivity index (χ0v) is 16.0. The molecule has 0 aromatic heterocycles. The average molecular weight is 345 g/mol. The Morgan fingerprint density at radius 3 is 2.52 bits per heavy atom. The van der Waals surface area contributed by atoms with Gasteiger partial charge in [-0.3, -0.25) is 4.99 Å². The average Bonchev–Trinajstić information content (AvgIpc) is 3.12. The van der Waals surface area contributed by atoms with E-state index in [1.54, 1.807) is 0 Å². The number of ether oxygens (including phenoxy) is 2. The molecular weight excluding hydrogens is 314 g/mol. The van der Waals surface area contributed by atoms with E-state index in [0.717, 1.165) is 51.6 Å². The highest BCUT2D eigenvalue weighted by Crippen LogP contribution is 2.21. The zero-order chi connectivity index (χ0) is 17.8. The summed E-state index contributed by atoms with van der Waals surface area (Å²) in [5.41, 5.74) is 5.34. The molecule has 2 atom stereocenters. The van der Waals surface area contributed by atoms with Crippen molar-refractivity contribution in [3.63, 3.8) is 0 Å². The minimum atomic E-state index is 0.151. The third-order valence-electron chi connectivity index (χ3n) is 5.25. The molecule has 1 N–H and O–H groups in total. The molecule has 25 heavy (non-hydrogen) atoms. The summed E-state index contributed by atoms with van der Waals surface area (Å²) in [6.07, 6.45) is 2.63. The number of rotatable bonds is 3. The second-order valence-electron chi connectivity index (χ2n) is 7.18. The van der Waals surface area contributed by atoms with E-state index >= 15 is 0 Å². The van der Waals surface area contributed by atoms with Crippen LogP contribution in [0.15, 0.2) is 17.1 Å². The monoisotopic (exact) mass is 345 g/mol. The topological polar surface area (TPSA) is 46.1 Å². The van der Waals surface area contributed by atoms with E-state index in [1.165, 1.54) is 22.3 Å². The van der Waals surface area contributed by atoms with Crippen LogP contribution in [-0.2, 0) is 16.0 Å². The molecule has 0 radical (unpaired) electrons. The quantitative estimate of drug-likeness (QED) is 0.676. The molecule has 5 heteroatoms. The van der Waals surface area contributed by atoms with Crippen molar-refractivity contribution in [2.75, 3.05) is 33.4 Å². The number of benzene rings is 1. The van der Waals surface area contributed by atoms with E-state index in [4.69, 9.17) is 9.47 Å². The Bertz CT molecular complexity index is 600. The molecule has 0 saturated carbocycles. The van der Waals surface area contributed by atoms with E-state index in [2.05, 4.69) is 48.1 Å². The van der Waals surface area contributed by atoms with Crippen LogP contribution in [0.1, 0.15) is 35.1 Å². The molecule has 138 valence electrons. The lowest BCUT2D eigenvalue weighted by atomic mass is 10.00. The number of guanidine groups is 1. The highest BCUT2D eigenvalue weighted by molar-refractivity contribution is 5.80. The minimum absolute atomic E-state index is 0.151. The van der Waals surface area contributed by atoms with Crippen LogP contribution in [0.25, 0.3) is 0 Å². The number of nitrogens with zero attached hydrogens (tertiary/aromatic N) is 2. The van der Waals surface area contributed by atoms with Crippen LogP contribution in [0.4, 0.5) is 0 Å². The van der Waals surface area contributed by atoms with Crippen molar-refractivity contribution in [3.05, 3.63) is 34.4 Å². The molecule has 2 saturated heterocycles. The standard InChI is InChI=1S/C20H31N3O2/c1-14-10-15(2)17(16(3)11-14)12-22-20(21-4)23-7-9-25-19(13-23)18-6-5-8-24-18/h10-11,18-19H,5-9,12-13H2,1-4H3,(H,21,22). The first-order chi connectivity index (χ1) is 12.1. The predicted molar refractivity (Wildman–Crippen MR) is 101 cm³/mol. The Morgan fingerprint density at radius 2 is 1.88 bits per heavy atom. The number of aryl methyl sites for hydroxylation is 3.